The van der Waals surface area contributed by atoms with Crippen LogP contribution in [0.5, 0.6) is 5.75 Å². The van der Waals surface area contributed by atoms with Crippen molar-refractivity contribution in [3.63, 3.8) is 0 Å². The Morgan fingerprint density at radius 3 is 2.78 bits per heavy atom. The van der Waals surface area contributed by atoms with Crippen molar-refractivity contribution in [3.8, 4) is 5.75 Å². The summed E-state index contributed by atoms with van der Waals surface area (Å²) < 4.78 is 23.2. The van der Waals surface area contributed by atoms with Gasteiger partial charge in [0.1, 0.15) is 11.9 Å². The average molecular weight is 255 g/mol. The molecule has 1 aliphatic carbocycles. The van der Waals surface area contributed by atoms with Gasteiger partial charge in [0.25, 0.3) is 0 Å². The van der Waals surface area contributed by atoms with Crippen LogP contribution >= 0.6 is 0 Å². The third kappa shape index (κ3) is 2.17. The summed E-state index contributed by atoms with van der Waals surface area (Å²) in [5, 5.41) is 10.7. The predicted molar refractivity (Wildman–Crippen MR) is 57.9 cm³/mol. The van der Waals surface area contributed by atoms with Crippen LogP contribution < -0.4 is 4.74 Å². The number of carbonyl (C=O) groups is 1. The number of carbonyl (C=O) groups excluding carboxylic acids is 1. The molecule has 0 amide bonds. The summed E-state index contributed by atoms with van der Waals surface area (Å²) in [7, 11) is 1.35. The van der Waals surface area contributed by atoms with Crippen LogP contribution in [0.1, 0.15) is 6.42 Å². The first-order valence-electron chi connectivity index (χ1n) is 5.19. The average Bonchev–Trinajstić information content (AvgIpc) is 2.28. The summed E-state index contributed by atoms with van der Waals surface area (Å²) >= 11 is 0. The van der Waals surface area contributed by atoms with E-state index in [9.17, 15) is 19.3 Å². The Labute approximate surface area is 101 Å². The molecule has 2 rings (SSSR count). The molecule has 0 radical (unpaired) electrons. The second-order valence-electron chi connectivity index (χ2n) is 3.85. The summed E-state index contributed by atoms with van der Waals surface area (Å²) in [6.07, 6.45) is -1.25. The first-order valence-corrected chi connectivity index (χ1v) is 5.19. The molecule has 0 bridgehead atoms. The summed E-state index contributed by atoms with van der Waals surface area (Å²) in [5.41, 5.74) is -0.342. The van der Waals surface area contributed by atoms with Crippen LogP contribution in [-0.4, -0.2) is 30.0 Å². The van der Waals surface area contributed by atoms with Crippen molar-refractivity contribution in [1.82, 2.24) is 0 Å². The summed E-state index contributed by atoms with van der Waals surface area (Å²) in [6.45, 7) is 0. The lowest BCUT2D eigenvalue weighted by atomic mass is 9.90. The Balaban J connectivity index is 2.21. The van der Waals surface area contributed by atoms with Gasteiger partial charge in [0.05, 0.1) is 4.92 Å². The molecule has 1 fully saturated rings. The fourth-order valence-corrected chi connectivity index (χ4v) is 1.75. The van der Waals surface area contributed by atoms with Crippen LogP contribution in [0.4, 0.5) is 10.1 Å². The van der Waals surface area contributed by atoms with Gasteiger partial charge in [-0.1, -0.05) is 0 Å². The number of nitrogens with zero attached hydrogens (tertiary/aromatic N) is 1. The van der Waals surface area contributed by atoms with E-state index in [1.54, 1.807) is 0 Å². The molecule has 0 saturated heterocycles. The molecule has 0 aliphatic heterocycles. The SMILES string of the molecule is COC1C(=O)CC1Oc1cc(F)ccc1[N+](=O)[O-]. The Morgan fingerprint density at radius 1 is 1.50 bits per heavy atom. The number of hydrogen-bond donors (Lipinski definition) is 0. The maximum absolute atomic E-state index is 13.0. The molecule has 0 N–H and O–H groups in total. The van der Waals surface area contributed by atoms with E-state index in [1.807, 2.05) is 0 Å². The number of ether oxygens (including phenoxy) is 2. The first kappa shape index (κ1) is 12.4. The smallest absolute Gasteiger partial charge is 0.311 e. The number of hydrogen-bond acceptors (Lipinski definition) is 5. The lowest BCUT2D eigenvalue weighted by Gasteiger charge is -2.33. The third-order valence-electron chi connectivity index (χ3n) is 2.71. The number of nitro benzene ring substituents is 1. The van der Waals surface area contributed by atoms with Gasteiger partial charge in [0.2, 0.25) is 0 Å². The summed E-state index contributed by atoms with van der Waals surface area (Å²) in [4.78, 5) is 21.2. The Bertz CT molecular complexity index is 504. The van der Waals surface area contributed by atoms with Crippen LogP contribution in [-0.2, 0) is 9.53 Å². The fraction of sp³-hybridized carbons (Fsp3) is 0.364. The number of benzene rings is 1. The van der Waals surface area contributed by atoms with Gasteiger partial charge < -0.3 is 9.47 Å². The van der Waals surface area contributed by atoms with E-state index >= 15 is 0 Å². The highest BCUT2D eigenvalue weighted by molar-refractivity contribution is 5.90. The van der Waals surface area contributed by atoms with Gasteiger partial charge in [-0.15, -0.1) is 0 Å². The molecule has 1 aromatic carbocycles. The van der Waals surface area contributed by atoms with Crippen molar-refractivity contribution in [1.29, 1.82) is 0 Å². The molecule has 2 atom stereocenters. The molecule has 0 aromatic heterocycles. The Kier molecular flexibility index (Phi) is 3.24. The van der Waals surface area contributed by atoms with Gasteiger partial charge in [0, 0.05) is 25.7 Å². The highest BCUT2D eigenvalue weighted by Crippen LogP contribution is 2.32. The van der Waals surface area contributed by atoms with E-state index in [-0.39, 0.29) is 23.6 Å². The minimum atomic E-state index is -0.743. The van der Waals surface area contributed by atoms with E-state index in [0.717, 1.165) is 18.2 Å². The molecule has 0 spiro atoms. The Hall–Kier alpha value is -2.02. The van der Waals surface area contributed by atoms with Crippen molar-refractivity contribution < 1.29 is 23.6 Å². The van der Waals surface area contributed by atoms with Crippen LogP contribution in [0.25, 0.3) is 0 Å². The first-order chi connectivity index (χ1) is 8.52. The van der Waals surface area contributed by atoms with Crippen molar-refractivity contribution in [2.24, 2.45) is 0 Å². The molecular formula is C11H10FNO5. The van der Waals surface area contributed by atoms with E-state index in [0.29, 0.717) is 0 Å². The van der Waals surface area contributed by atoms with Gasteiger partial charge >= 0.3 is 5.69 Å². The Morgan fingerprint density at radius 2 is 2.22 bits per heavy atom. The molecule has 1 saturated carbocycles. The molecule has 7 heteroatoms. The quantitative estimate of drug-likeness (QED) is 0.601. The van der Waals surface area contributed by atoms with Crippen molar-refractivity contribution in [2.45, 2.75) is 18.6 Å². The minimum Gasteiger partial charge on any atom is -0.480 e. The van der Waals surface area contributed by atoms with Gasteiger partial charge in [-0.25, -0.2) is 4.39 Å². The zero-order valence-electron chi connectivity index (χ0n) is 9.46. The van der Waals surface area contributed by atoms with Gasteiger partial charge in [-0.2, -0.15) is 0 Å². The summed E-state index contributed by atoms with van der Waals surface area (Å²) in [5.74, 6) is -0.976. The predicted octanol–water partition coefficient (Wildman–Crippen LogP) is 1.47. The second kappa shape index (κ2) is 4.69. The van der Waals surface area contributed by atoms with E-state index in [4.69, 9.17) is 9.47 Å². The van der Waals surface area contributed by atoms with Crippen LogP contribution in [0.2, 0.25) is 0 Å². The fourth-order valence-electron chi connectivity index (χ4n) is 1.75. The number of nitro groups is 1. The maximum Gasteiger partial charge on any atom is 0.311 e. The molecule has 1 aromatic rings. The monoisotopic (exact) mass is 255 g/mol. The summed E-state index contributed by atoms with van der Waals surface area (Å²) in [6, 6.07) is 2.92. The van der Waals surface area contributed by atoms with E-state index in [1.165, 1.54) is 7.11 Å². The second-order valence-corrected chi connectivity index (χ2v) is 3.85. The molecule has 2 unspecified atom stereocenters. The third-order valence-corrected chi connectivity index (χ3v) is 2.71. The number of methoxy groups -OCH3 is 1. The topological polar surface area (TPSA) is 78.7 Å². The number of Topliss-reactive ketones (excluding diaryl/α,β-unsaturated/α-hetero) is 1. The normalized spacial score (nSPS) is 22.4. The minimum absolute atomic E-state index is 0.103. The van der Waals surface area contributed by atoms with Gasteiger partial charge in [-0.3, -0.25) is 14.9 Å². The van der Waals surface area contributed by atoms with E-state index in [2.05, 4.69) is 0 Å². The van der Waals surface area contributed by atoms with Crippen LogP contribution in [0, 0.1) is 15.9 Å². The molecular weight excluding hydrogens is 245 g/mol. The molecule has 0 heterocycles. The van der Waals surface area contributed by atoms with Crippen molar-refractivity contribution in [3.05, 3.63) is 34.1 Å². The highest BCUT2D eigenvalue weighted by Gasteiger charge is 2.42. The number of rotatable bonds is 4. The lowest BCUT2D eigenvalue weighted by molar-refractivity contribution is -0.386. The number of halogens is 1. The van der Waals surface area contributed by atoms with Gasteiger partial charge in [-0.05, 0) is 6.07 Å². The van der Waals surface area contributed by atoms with Gasteiger partial charge in [0.15, 0.2) is 17.6 Å². The zero-order valence-corrected chi connectivity index (χ0v) is 9.46. The largest absolute Gasteiger partial charge is 0.480 e. The molecule has 18 heavy (non-hydrogen) atoms. The van der Waals surface area contributed by atoms with Crippen LogP contribution in [0.3, 0.4) is 0 Å². The molecule has 1 aliphatic rings. The highest BCUT2D eigenvalue weighted by atomic mass is 19.1. The maximum atomic E-state index is 13.0. The van der Waals surface area contributed by atoms with Crippen molar-refractivity contribution in [2.75, 3.05) is 7.11 Å². The van der Waals surface area contributed by atoms with Crippen molar-refractivity contribution >= 4 is 11.5 Å². The lowest BCUT2D eigenvalue weighted by Crippen LogP contribution is -2.51. The molecule has 96 valence electrons. The van der Waals surface area contributed by atoms with E-state index < -0.39 is 22.9 Å². The zero-order chi connectivity index (χ0) is 13.3. The molecule has 6 nitrogen and oxygen atoms in total. The van der Waals surface area contributed by atoms with Crippen LogP contribution in [0.15, 0.2) is 18.2 Å². The number of ketones is 1. The standard InChI is InChI=1S/C11H10FNO5/c1-17-11-8(14)5-10(11)18-9-4-6(12)2-3-7(9)13(15)16/h2-4,10-11H,5H2,1H3.